The highest BCUT2D eigenvalue weighted by Crippen LogP contribution is 2.25. The number of sulfonamides is 1. The SMILES string of the molecule is CC(C)(NS(=O)(=O)c1ccc(-c2cccc(CNC(=O)c3cccnc3)c2)cc1)c1cnn[nH]1. The molecule has 0 bridgehead atoms. The standard InChI is InChI=1S/C24H24N6O3S/c1-24(2,22-16-27-30-28-22)29-34(32,33)21-10-8-18(9-11-21)19-6-3-5-17(13-19)14-26-23(31)20-7-4-12-25-15-20/h3-13,15-16,29H,14H2,1-2H3,(H,26,31)(H,27,28,30). The number of nitrogens with zero attached hydrogens (tertiary/aromatic N) is 3. The highest BCUT2D eigenvalue weighted by molar-refractivity contribution is 7.89. The average Bonchev–Trinajstić information content (AvgIpc) is 3.39. The molecule has 10 heteroatoms. The van der Waals surface area contributed by atoms with Crippen molar-refractivity contribution in [2.45, 2.75) is 30.8 Å². The van der Waals surface area contributed by atoms with Crippen molar-refractivity contribution in [3.05, 3.63) is 96.1 Å². The van der Waals surface area contributed by atoms with Gasteiger partial charge in [0.15, 0.2) is 0 Å². The Morgan fingerprint density at radius 1 is 1.00 bits per heavy atom. The summed E-state index contributed by atoms with van der Waals surface area (Å²) in [4.78, 5) is 16.4. The summed E-state index contributed by atoms with van der Waals surface area (Å²) in [5, 5.41) is 12.9. The molecule has 4 rings (SSSR count). The molecule has 2 heterocycles. The van der Waals surface area contributed by atoms with Crippen LogP contribution in [0.25, 0.3) is 11.1 Å². The molecular weight excluding hydrogens is 452 g/mol. The normalized spacial score (nSPS) is 11.8. The summed E-state index contributed by atoms with van der Waals surface area (Å²) in [5.74, 6) is -0.200. The number of aromatic nitrogens is 4. The largest absolute Gasteiger partial charge is 0.348 e. The molecule has 0 saturated carbocycles. The van der Waals surface area contributed by atoms with Gasteiger partial charge in [0.25, 0.3) is 5.91 Å². The predicted molar refractivity (Wildman–Crippen MR) is 127 cm³/mol. The van der Waals surface area contributed by atoms with Gasteiger partial charge in [-0.1, -0.05) is 35.5 Å². The van der Waals surface area contributed by atoms with Gasteiger partial charge in [0, 0.05) is 18.9 Å². The van der Waals surface area contributed by atoms with Gasteiger partial charge in [-0.3, -0.25) is 14.9 Å². The number of hydrogen-bond donors (Lipinski definition) is 3. The van der Waals surface area contributed by atoms with Gasteiger partial charge < -0.3 is 5.32 Å². The lowest BCUT2D eigenvalue weighted by Crippen LogP contribution is -2.41. The Hall–Kier alpha value is -3.89. The highest BCUT2D eigenvalue weighted by Gasteiger charge is 2.29. The fraction of sp³-hybridized carbons (Fsp3) is 0.167. The topological polar surface area (TPSA) is 130 Å². The van der Waals surface area contributed by atoms with E-state index in [0.29, 0.717) is 17.8 Å². The van der Waals surface area contributed by atoms with Gasteiger partial charge in [-0.25, -0.2) is 8.42 Å². The lowest BCUT2D eigenvalue weighted by molar-refractivity contribution is 0.0950. The number of benzene rings is 2. The highest BCUT2D eigenvalue weighted by atomic mass is 32.2. The van der Waals surface area contributed by atoms with Gasteiger partial charge in [0.2, 0.25) is 10.0 Å². The smallest absolute Gasteiger partial charge is 0.253 e. The van der Waals surface area contributed by atoms with Crippen LogP contribution in [0.4, 0.5) is 0 Å². The molecule has 0 aliphatic rings. The van der Waals surface area contributed by atoms with Crippen molar-refractivity contribution in [2.75, 3.05) is 0 Å². The molecular formula is C24H24N6O3S. The molecule has 0 aliphatic heterocycles. The summed E-state index contributed by atoms with van der Waals surface area (Å²) in [6.07, 6.45) is 4.62. The second kappa shape index (κ2) is 9.54. The lowest BCUT2D eigenvalue weighted by Gasteiger charge is -2.24. The summed E-state index contributed by atoms with van der Waals surface area (Å²) in [7, 11) is -3.77. The monoisotopic (exact) mass is 476 g/mol. The minimum atomic E-state index is -3.77. The van der Waals surface area contributed by atoms with E-state index in [2.05, 4.69) is 30.4 Å². The van der Waals surface area contributed by atoms with Crippen molar-refractivity contribution in [3.63, 3.8) is 0 Å². The summed E-state index contributed by atoms with van der Waals surface area (Å²) < 4.78 is 28.5. The van der Waals surface area contributed by atoms with E-state index in [1.807, 2.05) is 24.3 Å². The zero-order valence-electron chi connectivity index (χ0n) is 18.7. The van der Waals surface area contributed by atoms with Gasteiger partial charge in [0.1, 0.15) is 0 Å². The molecule has 2 aromatic carbocycles. The quantitative estimate of drug-likeness (QED) is 0.358. The number of nitrogens with one attached hydrogen (secondary N) is 3. The van der Waals surface area contributed by atoms with Crippen molar-refractivity contribution < 1.29 is 13.2 Å². The third-order valence-electron chi connectivity index (χ3n) is 5.28. The number of H-pyrrole nitrogens is 1. The molecule has 0 atom stereocenters. The minimum Gasteiger partial charge on any atom is -0.348 e. The molecule has 0 saturated heterocycles. The van der Waals surface area contributed by atoms with Crippen LogP contribution in [0, 0.1) is 0 Å². The molecule has 0 aliphatic carbocycles. The number of hydrogen-bond acceptors (Lipinski definition) is 6. The Kier molecular flexibility index (Phi) is 6.53. The van der Waals surface area contributed by atoms with Crippen LogP contribution in [-0.4, -0.2) is 34.7 Å². The molecule has 2 aromatic heterocycles. The number of carbonyl (C=O) groups excluding carboxylic acids is 1. The summed E-state index contributed by atoms with van der Waals surface area (Å²) in [6, 6.07) is 17.8. The summed E-state index contributed by atoms with van der Waals surface area (Å²) in [5.41, 5.74) is 2.83. The van der Waals surface area contributed by atoms with Gasteiger partial charge in [-0.05, 0) is 60.9 Å². The van der Waals surface area contributed by atoms with E-state index in [1.54, 1.807) is 56.4 Å². The number of amides is 1. The maximum absolute atomic E-state index is 12.9. The molecule has 3 N–H and O–H groups in total. The van der Waals surface area contributed by atoms with Crippen molar-refractivity contribution in [1.29, 1.82) is 0 Å². The van der Waals surface area contributed by atoms with E-state index in [9.17, 15) is 13.2 Å². The Labute approximate surface area is 197 Å². The minimum absolute atomic E-state index is 0.150. The van der Waals surface area contributed by atoms with Gasteiger partial charge in [0.05, 0.1) is 27.9 Å². The second-order valence-corrected chi connectivity index (χ2v) is 9.93. The Morgan fingerprint density at radius 2 is 1.79 bits per heavy atom. The predicted octanol–water partition coefficient (Wildman–Crippen LogP) is 3.01. The van der Waals surface area contributed by atoms with Crippen LogP contribution in [0.1, 0.15) is 35.5 Å². The first-order valence-electron chi connectivity index (χ1n) is 10.5. The molecule has 0 unspecified atom stereocenters. The van der Waals surface area contributed by atoms with Gasteiger partial charge in [-0.2, -0.15) is 4.72 Å². The van der Waals surface area contributed by atoms with Crippen LogP contribution in [0.15, 0.2) is 84.1 Å². The Morgan fingerprint density at radius 3 is 2.47 bits per heavy atom. The zero-order chi connectivity index (χ0) is 24.2. The van der Waals surface area contributed by atoms with Crippen molar-refractivity contribution >= 4 is 15.9 Å². The van der Waals surface area contributed by atoms with Gasteiger partial charge in [-0.15, -0.1) is 5.10 Å². The lowest BCUT2D eigenvalue weighted by atomic mass is 10.0. The van der Waals surface area contributed by atoms with Crippen LogP contribution < -0.4 is 10.0 Å². The third kappa shape index (κ3) is 5.36. The molecule has 0 radical (unpaired) electrons. The molecule has 1 amide bonds. The zero-order valence-corrected chi connectivity index (χ0v) is 19.5. The van der Waals surface area contributed by atoms with Crippen LogP contribution in [0.5, 0.6) is 0 Å². The number of pyridine rings is 1. The molecule has 4 aromatic rings. The van der Waals surface area contributed by atoms with Crippen LogP contribution >= 0.6 is 0 Å². The Bertz CT molecular complexity index is 1370. The average molecular weight is 477 g/mol. The van der Waals surface area contributed by atoms with Crippen molar-refractivity contribution in [3.8, 4) is 11.1 Å². The molecule has 0 spiro atoms. The van der Waals surface area contributed by atoms with Crippen LogP contribution in [0.3, 0.4) is 0 Å². The van der Waals surface area contributed by atoms with Crippen molar-refractivity contribution in [1.82, 2.24) is 30.4 Å². The maximum Gasteiger partial charge on any atom is 0.253 e. The molecule has 9 nitrogen and oxygen atoms in total. The van der Waals surface area contributed by atoms with E-state index in [1.165, 1.54) is 12.4 Å². The van der Waals surface area contributed by atoms with Crippen LogP contribution in [-0.2, 0) is 22.1 Å². The first kappa shape index (κ1) is 23.3. The third-order valence-corrected chi connectivity index (χ3v) is 6.95. The fourth-order valence-electron chi connectivity index (χ4n) is 3.42. The number of aromatic amines is 1. The number of rotatable bonds is 8. The maximum atomic E-state index is 12.9. The Balaban J connectivity index is 1.46. The summed E-state index contributed by atoms with van der Waals surface area (Å²) >= 11 is 0. The second-order valence-electron chi connectivity index (χ2n) is 8.25. The van der Waals surface area contributed by atoms with E-state index in [4.69, 9.17) is 0 Å². The van der Waals surface area contributed by atoms with E-state index < -0.39 is 15.6 Å². The molecule has 34 heavy (non-hydrogen) atoms. The van der Waals surface area contributed by atoms with Crippen molar-refractivity contribution in [2.24, 2.45) is 0 Å². The van der Waals surface area contributed by atoms with E-state index in [0.717, 1.165) is 16.7 Å². The first-order chi connectivity index (χ1) is 16.2. The van der Waals surface area contributed by atoms with Gasteiger partial charge >= 0.3 is 0 Å². The van der Waals surface area contributed by atoms with E-state index in [-0.39, 0.29) is 10.8 Å². The van der Waals surface area contributed by atoms with E-state index >= 15 is 0 Å². The molecule has 174 valence electrons. The molecule has 0 fully saturated rings. The number of carbonyl (C=O) groups is 1. The fourth-order valence-corrected chi connectivity index (χ4v) is 4.81. The van der Waals surface area contributed by atoms with Crippen LogP contribution in [0.2, 0.25) is 0 Å². The summed E-state index contributed by atoms with van der Waals surface area (Å²) in [6.45, 7) is 3.81. The first-order valence-corrected chi connectivity index (χ1v) is 12.0.